The van der Waals surface area contributed by atoms with Crippen LogP contribution in [0.4, 0.5) is 45.5 Å². The molecular formula is C80H70N8+4. The van der Waals surface area contributed by atoms with Crippen molar-refractivity contribution in [1.82, 2.24) is 37.9 Å². The second kappa shape index (κ2) is 18.9. The lowest BCUT2D eigenvalue weighted by Gasteiger charge is -2.29. The molecule has 9 heterocycles. The zero-order chi connectivity index (χ0) is 59.6. The van der Waals surface area contributed by atoms with Crippen molar-refractivity contribution < 1.29 is 0 Å². The predicted molar refractivity (Wildman–Crippen MR) is 374 cm³/mol. The Morgan fingerprint density at radius 2 is 0.477 bits per heavy atom. The molecule has 4 unspecified atom stereocenters. The quantitative estimate of drug-likeness (QED) is 0.149. The van der Waals surface area contributed by atoms with Gasteiger partial charge >= 0.3 is 0 Å². The van der Waals surface area contributed by atoms with E-state index in [9.17, 15) is 0 Å². The van der Waals surface area contributed by atoms with Crippen LogP contribution >= 0.6 is 0 Å². The largest absolute Gasteiger partial charge is 0.354 e. The van der Waals surface area contributed by atoms with Crippen LogP contribution in [-0.4, -0.2) is 74.3 Å². The average molecular weight is 1140 g/mol. The summed E-state index contributed by atoms with van der Waals surface area (Å²) >= 11 is 0. The first-order valence-electron chi connectivity index (χ1n) is 31.5. The molecular weight excluding hydrogens is 1070 g/mol. The van der Waals surface area contributed by atoms with Gasteiger partial charge in [-0.25, -0.2) is 9.97 Å². The molecule has 6 aliphatic rings. The Morgan fingerprint density at radius 3 is 0.705 bits per heavy atom. The lowest BCUT2D eigenvalue weighted by molar-refractivity contribution is 0.493. The van der Waals surface area contributed by atoms with Crippen LogP contribution in [0.3, 0.4) is 0 Å². The van der Waals surface area contributed by atoms with Crippen molar-refractivity contribution in [2.45, 2.75) is 27.7 Å². The van der Waals surface area contributed by atoms with Crippen LogP contribution in [0, 0.1) is 0 Å². The van der Waals surface area contributed by atoms with E-state index >= 15 is 0 Å². The fourth-order valence-corrected chi connectivity index (χ4v) is 16.2. The van der Waals surface area contributed by atoms with E-state index in [0.717, 1.165) is 133 Å². The molecule has 0 radical (unpaired) electrons. The molecule has 0 saturated heterocycles. The van der Waals surface area contributed by atoms with Gasteiger partial charge in [0, 0.05) is 137 Å². The first-order chi connectivity index (χ1) is 42.9. The highest BCUT2D eigenvalue weighted by atomic mass is 15.4. The Labute approximate surface area is 514 Å². The lowest BCUT2D eigenvalue weighted by Crippen LogP contribution is -2.37. The lowest BCUT2D eigenvalue weighted by atomic mass is 9.97. The highest BCUT2D eigenvalue weighted by Gasteiger charge is 2.43. The molecule has 88 heavy (non-hydrogen) atoms. The van der Waals surface area contributed by atoms with Crippen molar-refractivity contribution in [2.24, 2.45) is 0 Å². The number of rotatable bonds is 8. The predicted octanol–water partition coefficient (Wildman–Crippen LogP) is 20.4. The van der Waals surface area contributed by atoms with Gasteiger partial charge in [0.05, 0.1) is 77.1 Å². The average Bonchev–Trinajstić information content (AvgIpc) is 3.14. The molecule has 8 nitrogen and oxygen atoms in total. The molecule has 6 aliphatic heterocycles. The van der Waals surface area contributed by atoms with Gasteiger partial charge in [-0.2, -0.15) is 0 Å². The molecule has 4 atom stereocenters. The third kappa shape index (κ3) is 7.11. The van der Waals surface area contributed by atoms with E-state index in [4.69, 9.17) is 9.97 Å². The second-order valence-corrected chi connectivity index (χ2v) is 25.5. The molecule has 2 N–H and O–H groups in total. The number of nitrogens with one attached hydrogen (secondary N) is 2. The maximum Gasteiger partial charge on any atom is 0.145 e. The van der Waals surface area contributed by atoms with E-state index in [0.29, 0.717) is 0 Å². The van der Waals surface area contributed by atoms with Gasteiger partial charge in [0.1, 0.15) is 45.5 Å². The Balaban J connectivity index is 0.989. The summed E-state index contributed by atoms with van der Waals surface area (Å²) < 4.78 is 2.98. The van der Waals surface area contributed by atoms with Crippen LogP contribution in [0.25, 0.3) is 135 Å². The van der Waals surface area contributed by atoms with E-state index in [1.54, 1.807) is 0 Å². The topological polar surface area (TPSA) is 57.4 Å². The van der Waals surface area contributed by atoms with Crippen molar-refractivity contribution in [3.63, 3.8) is 0 Å². The first kappa shape index (κ1) is 52.5. The van der Waals surface area contributed by atoms with E-state index in [2.05, 4.69) is 284 Å². The van der Waals surface area contributed by atoms with Gasteiger partial charge in [-0.05, 0) is 171 Å². The molecule has 0 fully saturated rings. The van der Waals surface area contributed by atoms with Crippen molar-refractivity contribution in [3.05, 3.63) is 217 Å². The number of para-hydroxylation sites is 4. The second-order valence-electron chi connectivity index (χ2n) is 25.5. The number of quaternary nitrogens is 4. The molecule has 426 valence electrons. The molecule has 3 aromatic heterocycles. The fourth-order valence-electron chi connectivity index (χ4n) is 16.2. The third-order valence-electron chi connectivity index (χ3n) is 21.5. The summed E-state index contributed by atoms with van der Waals surface area (Å²) in [5.74, 6) is 0. The van der Waals surface area contributed by atoms with Gasteiger partial charge in [-0.3, -0.25) is 17.9 Å². The minimum absolute atomic E-state index is 0.746. The van der Waals surface area contributed by atoms with Gasteiger partial charge in [0.2, 0.25) is 0 Å². The smallest absolute Gasteiger partial charge is 0.145 e. The zero-order valence-corrected chi connectivity index (χ0v) is 51.3. The SMILES string of the molecule is CC[N+]1(C)c2ccccc2-c2cc(-c3c4nc(c(-c5ccc6c(c5)-c5ccccc5[N+]6(C)CC)c5ccc([nH]5)c(-c5ccc6c(c5)-c5ccccc5[N+]6(C)CC)c5nc(c(-c6ccc7c(c6)-c6ccccc6[N+]7(C)CC)c6ccc3[nH]6)C=C5)C=C4)ccc21. The van der Waals surface area contributed by atoms with E-state index in [-0.39, 0.29) is 0 Å². The summed E-state index contributed by atoms with van der Waals surface area (Å²) in [6.07, 6.45) is 8.97. The molecule has 17 rings (SSSR count). The number of aromatic amines is 2. The molecule has 0 amide bonds. The Bertz CT molecular complexity index is 4500. The number of H-pyrrole nitrogens is 2. The van der Waals surface area contributed by atoms with Gasteiger partial charge < -0.3 is 9.97 Å². The minimum Gasteiger partial charge on any atom is -0.354 e. The van der Waals surface area contributed by atoms with E-state index in [1.165, 1.54) is 90.0 Å². The molecule has 8 bridgehead atoms. The monoisotopic (exact) mass is 1140 g/mol. The van der Waals surface area contributed by atoms with Crippen LogP contribution < -0.4 is 17.9 Å². The van der Waals surface area contributed by atoms with Crippen LogP contribution in [-0.2, 0) is 0 Å². The van der Waals surface area contributed by atoms with Crippen LogP contribution in [0.5, 0.6) is 0 Å². The van der Waals surface area contributed by atoms with E-state index in [1.807, 2.05) is 0 Å². The highest BCUT2D eigenvalue weighted by Crippen LogP contribution is 2.58. The van der Waals surface area contributed by atoms with Gasteiger partial charge in [0.15, 0.2) is 0 Å². The van der Waals surface area contributed by atoms with E-state index < -0.39 is 0 Å². The van der Waals surface area contributed by atoms with Crippen molar-refractivity contribution in [1.29, 1.82) is 0 Å². The molecule has 8 heteroatoms. The minimum atomic E-state index is 0.746. The number of aromatic nitrogens is 4. The third-order valence-corrected chi connectivity index (χ3v) is 21.5. The number of nitrogens with zero attached hydrogens (tertiary/aromatic N) is 6. The number of hydrogen-bond acceptors (Lipinski definition) is 2. The highest BCUT2D eigenvalue weighted by molar-refractivity contribution is 6.06. The van der Waals surface area contributed by atoms with Gasteiger partial charge in [0.25, 0.3) is 0 Å². The number of benzene rings is 8. The summed E-state index contributed by atoms with van der Waals surface area (Å²) in [7, 11) is 9.39. The van der Waals surface area contributed by atoms with Gasteiger partial charge in [-0.1, -0.05) is 48.5 Å². The normalized spacial score (nSPS) is 20.1. The summed E-state index contributed by atoms with van der Waals surface area (Å²) in [5.41, 5.74) is 36.7. The summed E-state index contributed by atoms with van der Waals surface area (Å²) in [5, 5.41) is 0. The number of hydrogen-bond donors (Lipinski definition) is 2. The molecule has 8 aromatic carbocycles. The molecule has 11 aromatic rings. The number of fused-ring (bicyclic) bond motifs is 20. The standard InChI is InChI=1S/C80H70N8/c1-9-85(5)69-25-17-13-21-53(69)57-45-49(29-41-73(57)85)77-61-33-35-63(81-61)78(50-30-42-74-58(46-50)54-22-14-18-26-70(54)86(74,6)10-2)65-37-39-67(83-65)80(52-32-44-76-60(48-52)56-24-16-20-28-72(56)88(76,8)12-4)68-40-38-66(84-68)79(64-36-34-62(77)82-64)51-31-43-75-59(47-51)55-23-15-19-27-71(55)87(75,7)11-3/h13-48,81,84H,9-12H2,1-8H3/q+4. The zero-order valence-electron chi connectivity index (χ0n) is 51.3. The molecule has 0 spiro atoms. The Hall–Kier alpha value is -9.80. The Morgan fingerprint density at radius 1 is 0.261 bits per heavy atom. The van der Waals surface area contributed by atoms with Gasteiger partial charge in [-0.15, -0.1) is 0 Å². The van der Waals surface area contributed by atoms with Crippen LogP contribution in [0.15, 0.2) is 194 Å². The summed E-state index contributed by atoms with van der Waals surface area (Å²) in [4.78, 5) is 20.0. The van der Waals surface area contributed by atoms with Crippen molar-refractivity contribution in [2.75, 3.05) is 54.4 Å². The van der Waals surface area contributed by atoms with Crippen LogP contribution in [0.2, 0.25) is 0 Å². The fraction of sp³-hybridized carbons (Fsp3) is 0.150. The maximum absolute atomic E-state index is 5.87. The summed E-state index contributed by atoms with van der Waals surface area (Å²) in [6, 6.07) is 73.4. The van der Waals surface area contributed by atoms with Crippen molar-refractivity contribution in [3.8, 4) is 89.0 Å². The molecule has 0 aliphatic carbocycles. The van der Waals surface area contributed by atoms with Crippen molar-refractivity contribution >= 4 is 91.9 Å². The molecule has 0 saturated carbocycles. The summed E-state index contributed by atoms with van der Waals surface area (Å²) in [6.45, 7) is 12.9. The first-order valence-corrected chi connectivity index (χ1v) is 31.5. The van der Waals surface area contributed by atoms with Crippen LogP contribution in [0.1, 0.15) is 50.5 Å². The Kier molecular flexibility index (Phi) is 11.3. The maximum atomic E-state index is 5.87.